The van der Waals surface area contributed by atoms with E-state index >= 15 is 0 Å². The van der Waals surface area contributed by atoms with E-state index in [-0.39, 0.29) is 12.5 Å². The highest BCUT2D eigenvalue weighted by Gasteiger charge is 2.04. The van der Waals surface area contributed by atoms with E-state index in [9.17, 15) is 9.90 Å². The molecule has 1 aromatic carbocycles. The molecule has 0 aliphatic rings. The van der Waals surface area contributed by atoms with Gasteiger partial charge in [0.15, 0.2) is 0 Å². The van der Waals surface area contributed by atoms with Crippen molar-refractivity contribution in [3.63, 3.8) is 0 Å². The number of nitrogens with one attached hydrogen (secondary N) is 2. The fourth-order valence-electron chi connectivity index (χ4n) is 2.87. The lowest BCUT2D eigenvalue weighted by molar-refractivity contribution is -0.121. The summed E-state index contributed by atoms with van der Waals surface area (Å²) in [5.74, 6) is 0.740. The van der Waals surface area contributed by atoms with Gasteiger partial charge in [-0.05, 0) is 55.3 Å². The largest absolute Gasteiger partial charge is 0.395 e. The van der Waals surface area contributed by atoms with Gasteiger partial charge in [-0.25, -0.2) is 0 Å². The Labute approximate surface area is 187 Å². The molecule has 0 radical (unpaired) electrons. The fraction of sp³-hybridized carbons (Fsp3) is 0.458. The van der Waals surface area contributed by atoms with Crippen molar-refractivity contribution in [2.75, 3.05) is 43.4 Å². The molecule has 0 aromatic heterocycles. The molecule has 0 bridgehead atoms. The number of carbonyl (C=O) groups is 1. The average molecular weight is 432 g/mol. The summed E-state index contributed by atoms with van der Waals surface area (Å²) in [6, 6.07) is 8.40. The summed E-state index contributed by atoms with van der Waals surface area (Å²) in [5, 5.41) is 15.3. The fourth-order valence-corrected chi connectivity index (χ4v) is 2.98. The molecule has 0 spiro atoms. The first-order valence-corrected chi connectivity index (χ1v) is 11.4. The van der Waals surface area contributed by atoms with E-state index in [2.05, 4.69) is 77.6 Å². The first-order chi connectivity index (χ1) is 14.6. The second-order valence-electron chi connectivity index (χ2n) is 6.89. The summed E-state index contributed by atoms with van der Waals surface area (Å²) in [4.78, 5) is 13.7. The molecule has 5 nitrogen and oxygen atoms in total. The van der Waals surface area contributed by atoms with Crippen LogP contribution in [0, 0.1) is 0 Å². The lowest BCUT2D eigenvalue weighted by atomic mass is 10.1. The van der Waals surface area contributed by atoms with E-state index in [1.165, 1.54) is 0 Å². The minimum atomic E-state index is 0.0760. The Morgan fingerprint density at radius 2 is 1.93 bits per heavy atom. The lowest BCUT2D eigenvalue weighted by Crippen LogP contribution is -2.27. The standard InChI is InChI=1S/C24H37N3O2S/c1-3-17-27(18-19-28)23-11-9-22(10-12-23)8-7-21(4-2)13-15-25-14-5-6-24(29)26-16-20-30/h4,7-13,15,25,28,30H,3,5-6,14,16-20H2,1-2H3,(H,26,29)/b8-7+,15-13-,21-4-. The van der Waals surface area contributed by atoms with E-state index in [1.54, 1.807) is 0 Å². The maximum absolute atomic E-state index is 11.5. The van der Waals surface area contributed by atoms with Gasteiger partial charge in [0.2, 0.25) is 5.91 Å². The van der Waals surface area contributed by atoms with Gasteiger partial charge < -0.3 is 20.6 Å². The van der Waals surface area contributed by atoms with Crippen LogP contribution in [0.3, 0.4) is 0 Å². The summed E-state index contributed by atoms with van der Waals surface area (Å²) >= 11 is 4.07. The van der Waals surface area contributed by atoms with E-state index in [4.69, 9.17) is 0 Å². The molecule has 1 aromatic rings. The Kier molecular flexibility index (Phi) is 14.3. The number of aliphatic hydroxyl groups excluding tert-OH is 1. The van der Waals surface area contributed by atoms with Gasteiger partial charge in [-0.2, -0.15) is 12.6 Å². The Hall–Kier alpha value is -2.18. The van der Waals surface area contributed by atoms with Crippen molar-refractivity contribution < 1.29 is 9.90 Å². The molecule has 1 rings (SSSR count). The predicted octanol–water partition coefficient (Wildman–Crippen LogP) is 3.78. The van der Waals surface area contributed by atoms with Crippen LogP contribution in [-0.4, -0.2) is 49.6 Å². The van der Waals surface area contributed by atoms with Crippen LogP contribution >= 0.6 is 12.6 Å². The van der Waals surface area contributed by atoms with Crippen molar-refractivity contribution in [1.29, 1.82) is 0 Å². The van der Waals surface area contributed by atoms with Crippen LogP contribution in [0.15, 0.2) is 54.3 Å². The van der Waals surface area contributed by atoms with E-state index in [0.29, 0.717) is 25.3 Å². The molecular weight excluding hydrogens is 394 g/mol. The van der Waals surface area contributed by atoms with Crippen molar-refractivity contribution in [2.24, 2.45) is 0 Å². The van der Waals surface area contributed by atoms with Crippen LogP contribution in [0.4, 0.5) is 5.69 Å². The summed E-state index contributed by atoms with van der Waals surface area (Å²) in [6.07, 6.45) is 12.5. The van der Waals surface area contributed by atoms with Crippen molar-refractivity contribution in [3.8, 4) is 0 Å². The summed E-state index contributed by atoms with van der Waals surface area (Å²) < 4.78 is 0. The summed E-state index contributed by atoms with van der Waals surface area (Å²) in [7, 11) is 0. The Bertz CT molecular complexity index is 678. The van der Waals surface area contributed by atoms with Crippen LogP contribution in [0.1, 0.15) is 38.7 Å². The van der Waals surface area contributed by atoms with Gasteiger partial charge in [0, 0.05) is 44.0 Å². The Balaban J connectivity index is 2.46. The third-order valence-electron chi connectivity index (χ3n) is 4.48. The zero-order chi connectivity index (χ0) is 22.0. The number of anilines is 1. The molecule has 0 heterocycles. The van der Waals surface area contributed by atoms with E-state index in [1.807, 2.05) is 19.2 Å². The monoisotopic (exact) mass is 431 g/mol. The third-order valence-corrected chi connectivity index (χ3v) is 4.70. The Morgan fingerprint density at radius 3 is 2.57 bits per heavy atom. The second kappa shape index (κ2) is 16.6. The number of amides is 1. The van der Waals surface area contributed by atoms with Crippen LogP contribution in [0.2, 0.25) is 0 Å². The van der Waals surface area contributed by atoms with Gasteiger partial charge in [-0.15, -0.1) is 0 Å². The number of hydrogen-bond donors (Lipinski definition) is 4. The van der Waals surface area contributed by atoms with Crippen LogP contribution < -0.4 is 15.5 Å². The summed E-state index contributed by atoms with van der Waals surface area (Å²) in [6.45, 7) is 7.29. The molecule has 0 aliphatic carbocycles. The molecule has 0 atom stereocenters. The van der Waals surface area contributed by atoms with Crippen LogP contribution in [-0.2, 0) is 4.79 Å². The molecule has 0 fully saturated rings. The molecule has 0 aliphatic heterocycles. The SMILES string of the molecule is C/C=C(\C=C/NCCCC(=O)NCCS)/C=C/c1ccc(N(CCC)CCO)cc1. The van der Waals surface area contributed by atoms with Crippen LogP contribution in [0.25, 0.3) is 6.08 Å². The molecule has 0 unspecified atom stereocenters. The van der Waals surface area contributed by atoms with Crippen molar-refractivity contribution in [3.05, 3.63) is 59.8 Å². The first kappa shape index (κ1) is 25.9. The van der Waals surface area contributed by atoms with E-state index in [0.717, 1.165) is 42.8 Å². The number of thiol groups is 1. The molecule has 0 saturated carbocycles. The maximum atomic E-state index is 11.5. The van der Waals surface area contributed by atoms with Crippen molar-refractivity contribution >= 4 is 30.3 Å². The van der Waals surface area contributed by atoms with Gasteiger partial charge >= 0.3 is 0 Å². The lowest BCUT2D eigenvalue weighted by Gasteiger charge is -2.23. The predicted molar refractivity (Wildman–Crippen MR) is 132 cm³/mol. The first-order valence-electron chi connectivity index (χ1n) is 10.7. The number of hydrogen-bond acceptors (Lipinski definition) is 5. The molecule has 1 amide bonds. The molecule has 0 saturated heterocycles. The number of allylic oxidation sites excluding steroid dienone is 4. The van der Waals surface area contributed by atoms with Crippen molar-refractivity contribution in [1.82, 2.24) is 10.6 Å². The number of carbonyl (C=O) groups excluding carboxylic acids is 1. The zero-order valence-corrected chi connectivity index (χ0v) is 19.2. The van der Waals surface area contributed by atoms with Crippen molar-refractivity contribution in [2.45, 2.75) is 33.1 Å². The van der Waals surface area contributed by atoms with Crippen LogP contribution in [0.5, 0.6) is 0 Å². The van der Waals surface area contributed by atoms with E-state index < -0.39 is 0 Å². The topological polar surface area (TPSA) is 64.6 Å². The number of rotatable bonds is 15. The quantitative estimate of drug-likeness (QED) is 0.194. The van der Waals surface area contributed by atoms with Gasteiger partial charge in [0.05, 0.1) is 6.61 Å². The minimum absolute atomic E-state index is 0.0760. The smallest absolute Gasteiger partial charge is 0.220 e. The molecule has 3 N–H and O–H groups in total. The highest BCUT2D eigenvalue weighted by molar-refractivity contribution is 7.80. The summed E-state index contributed by atoms with van der Waals surface area (Å²) in [5.41, 5.74) is 3.37. The van der Waals surface area contributed by atoms with Gasteiger partial charge in [0.25, 0.3) is 0 Å². The number of nitrogens with zero attached hydrogens (tertiary/aromatic N) is 1. The minimum Gasteiger partial charge on any atom is -0.395 e. The van der Waals surface area contributed by atoms with Gasteiger partial charge in [0.1, 0.15) is 0 Å². The molecular formula is C24H37N3O2S. The van der Waals surface area contributed by atoms with Gasteiger partial charge in [-0.3, -0.25) is 4.79 Å². The normalized spacial score (nSPS) is 11.9. The maximum Gasteiger partial charge on any atom is 0.220 e. The molecule has 30 heavy (non-hydrogen) atoms. The number of aliphatic hydroxyl groups is 1. The van der Waals surface area contributed by atoms with Gasteiger partial charge in [-0.1, -0.05) is 37.3 Å². The second-order valence-corrected chi connectivity index (χ2v) is 7.34. The highest BCUT2D eigenvalue weighted by Crippen LogP contribution is 2.17. The third kappa shape index (κ3) is 11.1. The molecule has 166 valence electrons. The molecule has 6 heteroatoms. The highest BCUT2D eigenvalue weighted by atomic mass is 32.1. The Morgan fingerprint density at radius 1 is 1.17 bits per heavy atom. The number of benzene rings is 1. The zero-order valence-electron chi connectivity index (χ0n) is 18.3. The average Bonchev–Trinajstić information content (AvgIpc) is 2.77.